The average Bonchev–Trinajstić information content (AvgIpc) is 3.00. The summed E-state index contributed by atoms with van der Waals surface area (Å²) in [6.07, 6.45) is 3.96. The van der Waals surface area contributed by atoms with Crippen LogP contribution in [0.25, 0.3) is 5.65 Å². The fraction of sp³-hybridized carbons (Fsp3) is 0.400. The molecule has 3 aromatic rings. The van der Waals surface area contributed by atoms with Crippen molar-refractivity contribution in [2.45, 2.75) is 32.2 Å². The molecule has 5 nitrogen and oxygen atoms in total. The maximum atomic E-state index is 13.5. The number of nitrogens with one attached hydrogen (secondary N) is 1. The number of hydrogen-bond acceptors (Lipinski definition) is 4. The van der Waals surface area contributed by atoms with Crippen LogP contribution in [0.15, 0.2) is 30.5 Å². The lowest BCUT2D eigenvalue weighted by Gasteiger charge is -2.33. The predicted octanol–water partition coefficient (Wildman–Crippen LogP) is 3.74. The van der Waals surface area contributed by atoms with Crippen LogP contribution in [0.3, 0.4) is 0 Å². The van der Waals surface area contributed by atoms with Gasteiger partial charge in [0.05, 0.1) is 11.4 Å². The summed E-state index contributed by atoms with van der Waals surface area (Å²) in [7, 11) is 1.88. The van der Waals surface area contributed by atoms with E-state index in [1.54, 1.807) is 6.07 Å². The van der Waals surface area contributed by atoms with Gasteiger partial charge in [0.2, 0.25) is 0 Å². The van der Waals surface area contributed by atoms with Crippen molar-refractivity contribution in [3.8, 4) is 0 Å². The molecule has 3 heterocycles. The van der Waals surface area contributed by atoms with Crippen molar-refractivity contribution in [3.63, 3.8) is 0 Å². The van der Waals surface area contributed by atoms with Crippen molar-refractivity contribution < 1.29 is 8.78 Å². The van der Waals surface area contributed by atoms with Gasteiger partial charge in [0.25, 0.3) is 0 Å². The summed E-state index contributed by atoms with van der Waals surface area (Å²) in [5.74, 6) is -1.27. The van der Waals surface area contributed by atoms with Crippen LogP contribution in [0.5, 0.6) is 0 Å². The van der Waals surface area contributed by atoms with E-state index in [1.807, 2.05) is 30.8 Å². The molecule has 2 aromatic heterocycles. The molecule has 1 aromatic carbocycles. The number of piperidine rings is 1. The smallest absolute Gasteiger partial charge is 0.179 e. The highest BCUT2D eigenvalue weighted by molar-refractivity contribution is 5.70. The Kier molecular flexibility index (Phi) is 4.78. The van der Waals surface area contributed by atoms with E-state index in [1.165, 1.54) is 12.1 Å². The number of fused-ring (bicyclic) bond motifs is 1. The van der Waals surface area contributed by atoms with E-state index in [9.17, 15) is 8.78 Å². The van der Waals surface area contributed by atoms with Crippen molar-refractivity contribution in [3.05, 3.63) is 59.0 Å². The molecule has 142 valence electrons. The molecule has 27 heavy (non-hydrogen) atoms. The lowest BCUT2D eigenvalue weighted by molar-refractivity contribution is 0.197. The first-order chi connectivity index (χ1) is 13.1. The van der Waals surface area contributed by atoms with Crippen LogP contribution in [0.1, 0.15) is 35.7 Å². The van der Waals surface area contributed by atoms with Gasteiger partial charge in [0, 0.05) is 32.3 Å². The molecule has 0 spiro atoms. The lowest BCUT2D eigenvalue weighted by Crippen LogP contribution is -2.34. The van der Waals surface area contributed by atoms with E-state index in [-0.39, 0.29) is 0 Å². The molecule has 0 bridgehead atoms. The number of anilines is 1. The Morgan fingerprint density at radius 2 is 2.07 bits per heavy atom. The number of likely N-dealkylation sites (tertiary alicyclic amines) is 1. The molecule has 0 amide bonds. The Bertz CT molecular complexity index is 968. The van der Waals surface area contributed by atoms with Crippen molar-refractivity contribution in [1.29, 1.82) is 0 Å². The van der Waals surface area contributed by atoms with Crippen molar-refractivity contribution in [2.24, 2.45) is 0 Å². The van der Waals surface area contributed by atoms with Crippen LogP contribution >= 0.6 is 0 Å². The Hall–Kier alpha value is -2.54. The second-order valence-corrected chi connectivity index (χ2v) is 7.14. The molecule has 0 aliphatic carbocycles. The standard InChI is InChI=1S/C20H23F2N5/c1-13-19(23-2)20-24-8-7-18(27(20)25-13)15-4-3-9-26(12-15)11-14-5-6-16(21)17(22)10-14/h5-8,10,15,23H,3-4,9,11-12H2,1-2H3/t15-/m0/s1. The molecule has 0 unspecified atom stereocenters. The molecule has 7 heteroatoms. The molecule has 1 atom stereocenters. The van der Waals surface area contributed by atoms with Crippen LogP contribution < -0.4 is 5.32 Å². The van der Waals surface area contributed by atoms with Crippen LogP contribution in [-0.4, -0.2) is 39.6 Å². The zero-order valence-corrected chi connectivity index (χ0v) is 15.5. The third kappa shape index (κ3) is 3.39. The number of rotatable bonds is 4. The first kappa shape index (κ1) is 17.9. The van der Waals surface area contributed by atoms with Gasteiger partial charge in [-0.25, -0.2) is 18.3 Å². The quantitative estimate of drug-likeness (QED) is 0.759. The highest BCUT2D eigenvalue weighted by Crippen LogP contribution is 2.30. The zero-order valence-electron chi connectivity index (χ0n) is 15.5. The van der Waals surface area contributed by atoms with Crippen LogP contribution in [0.4, 0.5) is 14.5 Å². The zero-order chi connectivity index (χ0) is 19.0. The van der Waals surface area contributed by atoms with E-state index in [0.29, 0.717) is 12.5 Å². The molecule has 1 aliphatic rings. The van der Waals surface area contributed by atoms with Gasteiger partial charge in [0.15, 0.2) is 17.3 Å². The SMILES string of the molecule is CNc1c(C)nn2c([C@H]3CCCN(Cc4ccc(F)c(F)c4)C3)ccnc12. The van der Waals surface area contributed by atoms with E-state index in [4.69, 9.17) is 0 Å². The highest BCUT2D eigenvalue weighted by atomic mass is 19.2. The van der Waals surface area contributed by atoms with E-state index in [2.05, 4.69) is 20.3 Å². The number of halogens is 2. The first-order valence-electron chi connectivity index (χ1n) is 9.25. The van der Waals surface area contributed by atoms with Gasteiger partial charge >= 0.3 is 0 Å². The summed E-state index contributed by atoms with van der Waals surface area (Å²) in [5.41, 5.74) is 4.64. The van der Waals surface area contributed by atoms with Crippen LogP contribution in [-0.2, 0) is 6.54 Å². The first-order valence-corrected chi connectivity index (χ1v) is 9.25. The second kappa shape index (κ2) is 7.23. The molecule has 4 rings (SSSR count). The molecule has 1 fully saturated rings. The molecular formula is C20H23F2N5. The van der Waals surface area contributed by atoms with Crippen molar-refractivity contribution >= 4 is 11.3 Å². The average molecular weight is 371 g/mol. The number of nitrogens with zero attached hydrogens (tertiary/aromatic N) is 4. The molecule has 1 N–H and O–H groups in total. The minimum atomic E-state index is -0.802. The monoisotopic (exact) mass is 371 g/mol. The molecule has 1 saturated heterocycles. The fourth-order valence-corrected chi connectivity index (χ4v) is 4.01. The Morgan fingerprint density at radius 3 is 2.85 bits per heavy atom. The largest absolute Gasteiger partial charge is 0.384 e. The molecular weight excluding hydrogens is 348 g/mol. The topological polar surface area (TPSA) is 45.5 Å². The fourth-order valence-electron chi connectivity index (χ4n) is 4.01. The maximum absolute atomic E-state index is 13.5. The second-order valence-electron chi connectivity index (χ2n) is 7.14. The number of benzene rings is 1. The van der Waals surface area contributed by atoms with Crippen LogP contribution in [0.2, 0.25) is 0 Å². The van der Waals surface area contributed by atoms with E-state index < -0.39 is 11.6 Å². The Balaban J connectivity index is 1.58. The molecule has 0 saturated carbocycles. The maximum Gasteiger partial charge on any atom is 0.179 e. The third-order valence-electron chi connectivity index (χ3n) is 5.29. The van der Waals surface area contributed by atoms with Gasteiger partial charge < -0.3 is 5.32 Å². The summed E-state index contributed by atoms with van der Waals surface area (Å²) < 4.78 is 28.6. The van der Waals surface area contributed by atoms with E-state index in [0.717, 1.165) is 54.2 Å². The van der Waals surface area contributed by atoms with E-state index >= 15 is 0 Å². The summed E-state index contributed by atoms with van der Waals surface area (Å²) in [4.78, 5) is 6.77. The minimum Gasteiger partial charge on any atom is -0.384 e. The minimum absolute atomic E-state index is 0.318. The van der Waals surface area contributed by atoms with Crippen molar-refractivity contribution in [1.82, 2.24) is 19.5 Å². The van der Waals surface area contributed by atoms with Crippen molar-refractivity contribution in [2.75, 3.05) is 25.5 Å². The Labute approximate surface area is 157 Å². The van der Waals surface area contributed by atoms with Crippen LogP contribution in [0, 0.1) is 18.6 Å². The number of aryl methyl sites for hydroxylation is 1. The lowest BCUT2D eigenvalue weighted by atomic mass is 9.94. The Morgan fingerprint density at radius 1 is 1.22 bits per heavy atom. The summed E-state index contributed by atoms with van der Waals surface area (Å²) >= 11 is 0. The molecule has 1 aliphatic heterocycles. The highest BCUT2D eigenvalue weighted by Gasteiger charge is 2.25. The van der Waals surface area contributed by atoms with Gasteiger partial charge in [-0.3, -0.25) is 4.90 Å². The van der Waals surface area contributed by atoms with Gasteiger partial charge in [-0.2, -0.15) is 5.10 Å². The number of aromatic nitrogens is 3. The van der Waals surface area contributed by atoms with Gasteiger partial charge in [-0.15, -0.1) is 0 Å². The van der Waals surface area contributed by atoms with Gasteiger partial charge in [-0.1, -0.05) is 6.07 Å². The van der Waals surface area contributed by atoms with Gasteiger partial charge in [0.1, 0.15) is 5.69 Å². The predicted molar refractivity (Wildman–Crippen MR) is 101 cm³/mol. The third-order valence-corrected chi connectivity index (χ3v) is 5.29. The summed E-state index contributed by atoms with van der Waals surface area (Å²) in [6.45, 7) is 4.39. The summed E-state index contributed by atoms with van der Waals surface area (Å²) in [6, 6.07) is 6.18. The normalized spacial score (nSPS) is 18.1. The summed E-state index contributed by atoms with van der Waals surface area (Å²) in [5, 5.41) is 7.85. The van der Waals surface area contributed by atoms with Gasteiger partial charge in [-0.05, 0) is 50.1 Å². The molecule has 0 radical (unpaired) electrons. The number of hydrogen-bond donors (Lipinski definition) is 1.